The van der Waals surface area contributed by atoms with Crippen LogP contribution in [0, 0.1) is 0 Å². The first-order valence-electron chi connectivity index (χ1n) is 7.90. The Labute approximate surface area is 179 Å². The molecule has 9 heteroatoms. The fourth-order valence-electron chi connectivity index (χ4n) is 2.68. The predicted molar refractivity (Wildman–Crippen MR) is 111 cm³/mol. The molecule has 0 bridgehead atoms. The van der Waals surface area contributed by atoms with E-state index in [1.165, 1.54) is 10.8 Å². The van der Waals surface area contributed by atoms with Crippen LogP contribution in [-0.4, -0.2) is 14.6 Å². The van der Waals surface area contributed by atoms with E-state index in [1.54, 1.807) is 48.5 Å². The van der Waals surface area contributed by atoms with Crippen molar-refractivity contribution < 1.29 is 4.74 Å². The Morgan fingerprint density at radius 1 is 0.857 bits per heavy atom. The van der Waals surface area contributed by atoms with Gasteiger partial charge in [0.25, 0.3) is 5.56 Å². The number of nitrogens with zero attached hydrogens (tertiary/aromatic N) is 3. The molecular weight excluding hydrogens is 444 g/mol. The van der Waals surface area contributed by atoms with Crippen molar-refractivity contribution in [1.82, 2.24) is 14.6 Å². The van der Waals surface area contributed by atoms with Crippen molar-refractivity contribution in [3.05, 3.63) is 85.3 Å². The first kappa shape index (κ1) is 19.0. The highest BCUT2D eigenvalue weighted by molar-refractivity contribution is 6.39. The molecule has 4 rings (SSSR count). The van der Waals surface area contributed by atoms with Gasteiger partial charge in [0.1, 0.15) is 12.1 Å². The Morgan fingerprint density at radius 2 is 1.61 bits per heavy atom. The summed E-state index contributed by atoms with van der Waals surface area (Å²) in [5.74, 6) is 0.639. The minimum absolute atomic E-state index is 0.248. The van der Waals surface area contributed by atoms with Crippen LogP contribution in [0.5, 0.6) is 11.6 Å². The molecule has 2 aromatic heterocycles. The molecular formula is C19H9Cl4N3O2. The molecule has 28 heavy (non-hydrogen) atoms. The normalized spacial score (nSPS) is 11.0. The van der Waals surface area contributed by atoms with Gasteiger partial charge in [-0.05, 0) is 36.4 Å². The highest BCUT2D eigenvalue weighted by Gasteiger charge is 2.17. The lowest BCUT2D eigenvalue weighted by Crippen LogP contribution is -2.14. The summed E-state index contributed by atoms with van der Waals surface area (Å²) in [4.78, 5) is 16.3. The molecule has 0 atom stereocenters. The van der Waals surface area contributed by atoms with Crippen LogP contribution in [0.2, 0.25) is 20.1 Å². The van der Waals surface area contributed by atoms with Crippen LogP contribution in [0.4, 0.5) is 0 Å². The number of benzene rings is 2. The summed E-state index contributed by atoms with van der Waals surface area (Å²) in [6.07, 6.45) is 1.29. The van der Waals surface area contributed by atoms with E-state index in [-0.39, 0.29) is 11.4 Å². The number of fused-ring (bicyclic) bond motifs is 1. The van der Waals surface area contributed by atoms with Crippen molar-refractivity contribution in [3.8, 4) is 22.8 Å². The minimum atomic E-state index is -0.466. The SMILES string of the molecule is O=c1ncn2nc(Oc3ccc(Cl)cc3Cl)ccc2c1-c1c(Cl)cccc1Cl. The predicted octanol–water partition coefficient (Wildman–Crippen LogP) is 6.16. The molecule has 0 saturated carbocycles. The van der Waals surface area contributed by atoms with E-state index in [0.717, 1.165) is 0 Å². The third-order valence-corrected chi connectivity index (χ3v) is 5.07. The zero-order valence-corrected chi connectivity index (χ0v) is 16.9. The van der Waals surface area contributed by atoms with Gasteiger partial charge in [-0.1, -0.05) is 52.5 Å². The fraction of sp³-hybridized carbons (Fsp3) is 0. The highest BCUT2D eigenvalue weighted by Crippen LogP contribution is 2.35. The van der Waals surface area contributed by atoms with Crippen LogP contribution >= 0.6 is 46.4 Å². The Hall–Kier alpha value is -2.31. The van der Waals surface area contributed by atoms with E-state index < -0.39 is 5.56 Å². The summed E-state index contributed by atoms with van der Waals surface area (Å²) in [5, 5.41) is 5.85. The summed E-state index contributed by atoms with van der Waals surface area (Å²) < 4.78 is 7.13. The van der Waals surface area contributed by atoms with Crippen LogP contribution < -0.4 is 10.3 Å². The van der Waals surface area contributed by atoms with Gasteiger partial charge in [-0.25, -0.2) is 4.52 Å². The molecule has 2 heterocycles. The number of hydrogen-bond donors (Lipinski definition) is 0. The maximum atomic E-state index is 12.5. The summed E-state index contributed by atoms with van der Waals surface area (Å²) in [6.45, 7) is 0. The molecule has 4 aromatic rings. The zero-order chi connectivity index (χ0) is 19.8. The molecule has 0 aliphatic heterocycles. The molecule has 0 aliphatic carbocycles. The second-order valence-corrected chi connectivity index (χ2v) is 7.36. The maximum Gasteiger partial charge on any atom is 0.281 e. The van der Waals surface area contributed by atoms with Gasteiger partial charge in [-0.15, -0.1) is 5.10 Å². The molecule has 0 aliphatic rings. The topological polar surface area (TPSA) is 56.5 Å². The first-order valence-corrected chi connectivity index (χ1v) is 9.41. The van der Waals surface area contributed by atoms with E-state index in [1.807, 2.05) is 0 Å². The molecule has 140 valence electrons. The smallest absolute Gasteiger partial charge is 0.281 e. The quantitative estimate of drug-likeness (QED) is 0.373. The van der Waals surface area contributed by atoms with Crippen molar-refractivity contribution in [3.63, 3.8) is 0 Å². The number of halogens is 4. The van der Waals surface area contributed by atoms with Gasteiger partial charge in [0, 0.05) is 16.7 Å². The van der Waals surface area contributed by atoms with E-state index in [9.17, 15) is 4.79 Å². The second kappa shape index (κ2) is 7.60. The van der Waals surface area contributed by atoms with Gasteiger partial charge in [-0.2, -0.15) is 4.98 Å². The van der Waals surface area contributed by atoms with Crippen molar-refractivity contribution in [2.24, 2.45) is 0 Å². The average molecular weight is 453 g/mol. The average Bonchev–Trinajstić information content (AvgIpc) is 2.65. The Bertz CT molecular complexity index is 1250. The Morgan fingerprint density at radius 3 is 2.32 bits per heavy atom. The van der Waals surface area contributed by atoms with Crippen LogP contribution in [0.25, 0.3) is 16.6 Å². The van der Waals surface area contributed by atoms with E-state index in [0.29, 0.717) is 36.9 Å². The highest BCUT2D eigenvalue weighted by atomic mass is 35.5. The Kier molecular flexibility index (Phi) is 5.17. The lowest BCUT2D eigenvalue weighted by Gasteiger charge is -2.11. The summed E-state index contributed by atoms with van der Waals surface area (Å²) in [6, 6.07) is 13.1. The minimum Gasteiger partial charge on any atom is -0.436 e. The van der Waals surface area contributed by atoms with Crippen molar-refractivity contribution >= 4 is 51.9 Å². The molecule has 0 radical (unpaired) electrons. The van der Waals surface area contributed by atoms with Gasteiger partial charge >= 0.3 is 0 Å². The first-order chi connectivity index (χ1) is 13.4. The largest absolute Gasteiger partial charge is 0.436 e. The second-order valence-electron chi connectivity index (χ2n) is 5.70. The van der Waals surface area contributed by atoms with Crippen LogP contribution in [-0.2, 0) is 0 Å². The number of aromatic nitrogens is 3. The molecule has 2 aromatic carbocycles. The van der Waals surface area contributed by atoms with Gasteiger partial charge in [0.15, 0.2) is 0 Å². The number of ether oxygens (including phenoxy) is 1. The molecule has 0 N–H and O–H groups in total. The summed E-state index contributed by atoms with van der Waals surface area (Å²) in [7, 11) is 0. The van der Waals surface area contributed by atoms with Crippen LogP contribution in [0.3, 0.4) is 0 Å². The summed E-state index contributed by atoms with van der Waals surface area (Å²) in [5.41, 5.74) is 0.662. The maximum absolute atomic E-state index is 12.5. The number of rotatable bonds is 3. The van der Waals surface area contributed by atoms with Crippen molar-refractivity contribution in [1.29, 1.82) is 0 Å². The third kappa shape index (κ3) is 3.54. The van der Waals surface area contributed by atoms with Crippen molar-refractivity contribution in [2.75, 3.05) is 0 Å². The third-order valence-electron chi connectivity index (χ3n) is 3.91. The summed E-state index contributed by atoms with van der Waals surface area (Å²) >= 11 is 24.6. The van der Waals surface area contributed by atoms with E-state index >= 15 is 0 Å². The van der Waals surface area contributed by atoms with Gasteiger partial charge in [-0.3, -0.25) is 4.79 Å². The lowest BCUT2D eigenvalue weighted by atomic mass is 10.1. The van der Waals surface area contributed by atoms with E-state index in [2.05, 4.69) is 10.1 Å². The van der Waals surface area contributed by atoms with Crippen molar-refractivity contribution in [2.45, 2.75) is 0 Å². The fourth-order valence-corrected chi connectivity index (χ4v) is 3.72. The zero-order valence-electron chi connectivity index (χ0n) is 13.9. The molecule has 5 nitrogen and oxygen atoms in total. The molecule has 0 fully saturated rings. The number of hydrogen-bond acceptors (Lipinski definition) is 4. The standard InChI is InChI=1S/C19H9Cl4N3O2/c20-10-4-6-15(13(23)8-10)28-16-7-5-14-18(19(27)24-9-26(14)25-16)17-11(21)2-1-3-12(17)22/h1-9H. The monoisotopic (exact) mass is 451 g/mol. The lowest BCUT2D eigenvalue weighted by molar-refractivity contribution is 0.452. The Balaban J connectivity index is 1.84. The van der Waals surface area contributed by atoms with E-state index in [4.69, 9.17) is 51.1 Å². The molecule has 0 spiro atoms. The van der Waals surface area contributed by atoms with Gasteiger partial charge in [0.2, 0.25) is 5.88 Å². The molecule has 0 saturated heterocycles. The van der Waals surface area contributed by atoms with Gasteiger partial charge < -0.3 is 4.74 Å². The molecule has 0 unspecified atom stereocenters. The van der Waals surface area contributed by atoms with Gasteiger partial charge in [0.05, 0.1) is 26.1 Å². The van der Waals surface area contributed by atoms with Crippen LogP contribution in [0.15, 0.2) is 59.7 Å². The molecule has 0 amide bonds. The van der Waals surface area contributed by atoms with Crippen LogP contribution in [0.1, 0.15) is 0 Å².